The van der Waals surface area contributed by atoms with E-state index in [2.05, 4.69) is 91.0 Å². The molecular formula is C27H51N3V3. The first-order valence-electron chi connectivity index (χ1n) is 11.9. The summed E-state index contributed by atoms with van der Waals surface area (Å²) in [4.78, 5) is 7.21. The molecule has 0 amide bonds. The Morgan fingerprint density at radius 3 is 1.30 bits per heavy atom. The Bertz CT molecular complexity index is 493. The summed E-state index contributed by atoms with van der Waals surface area (Å²) in [6, 6.07) is 1.35. The van der Waals surface area contributed by atoms with Gasteiger partial charge in [-0.2, -0.15) is 11.8 Å². The van der Waals surface area contributed by atoms with Crippen molar-refractivity contribution in [3.63, 3.8) is 0 Å². The topological polar surface area (TPSA) is 9.72 Å². The van der Waals surface area contributed by atoms with E-state index in [4.69, 9.17) is 0 Å². The van der Waals surface area contributed by atoms with Crippen LogP contribution >= 0.6 is 0 Å². The van der Waals surface area contributed by atoms with Crippen LogP contribution in [0.15, 0.2) is 0 Å². The van der Waals surface area contributed by atoms with Gasteiger partial charge in [-0.25, -0.2) is 6.42 Å². The van der Waals surface area contributed by atoms with E-state index < -0.39 is 0 Å². The van der Waals surface area contributed by atoms with Crippen LogP contribution in [0, 0.1) is 57.8 Å². The molecule has 3 heterocycles. The van der Waals surface area contributed by atoms with Gasteiger partial charge in [-0.15, -0.1) is 11.8 Å². The molecule has 0 N–H and O–H groups in total. The van der Waals surface area contributed by atoms with Gasteiger partial charge in [0.05, 0.1) is 0 Å². The van der Waals surface area contributed by atoms with Crippen molar-refractivity contribution in [3.8, 4) is 0 Å². The summed E-state index contributed by atoms with van der Waals surface area (Å²) in [5, 5.41) is 0. The van der Waals surface area contributed by atoms with Crippen molar-refractivity contribution >= 4 is 0 Å². The Labute approximate surface area is 245 Å². The first-order valence-corrected chi connectivity index (χ1v) is 11.9. The number of hydrogen-bond donors (Lipinski definition) is 0. The number of rotatable bonds is 5. The second kappa shape index (κ2) is 17.2. The molecule has 3 saturated heterocycles. The van der Waals surface area contributed by atoms with Crippen LogP contribution in [0.5, 0.6) is 0 Å². The standard InChI is InChI=1S/C11H21N.C10H19N.C6H11N.3V/c1-5-6-11(4)7-8-12(9-11)10(2)3;1-5-10(4)6-7-11(8-10)9(2)3;1-6(2)4-7(3)5-6;;;/h10H,1,4-9H2,2-3H3;9H,1,4-8H2,2-3H3;1-2,4-5H2,3H3;;;/q3*-2;3*+2. The van der Waals surface area contributed by atoms with Crippen LogP contribution < -0.4 is 0 Å². The molecule has 0 aromatic heterocycles. The fraction of sp³-hybridized carbons (Fsp3) is 0.778. The molecule has 33 heavy (non-hydrogen) atoms. The van der Waals surface area contributed by atoms with Crippen molar-refractivity contribution < 1.29 is 55.7 Å². The van der Waals surface area contributed by atoms with Gasteiger partial charge in [0.2, 0.25) is 0 Å². The molecule has 0 spiro atoms. The van der Waals surface area contributed by atoms with Crippen molar-refractivity contribution in [2.24, 2.45) is 16.2 Å². The van der Waals surface area contributed by atoms with Crippen LogP contribution in [0.4, 0.5) is 0 Å². The Morgan fingerprint density at radius 1 is 0.697 bits per heavy atom. The molecule has 6 heteroatoms. The van der Waals surface area contributed by atoms with Gasteiger partial charge in [-0.1, -0.05) is 12.8 Å². The van der Waals surface area contributed by atoms with E-state index in [9.17, 15) is 0 Å². The molecule has 3 radical (unpaired) electrons. The van der Waals surface area contributed by atoms with E-state index >= 15 is 0 Å². The van der Waals surface area contributed by atoms with Crippen LogP contribution in [0.2, 0.25) is 0 Å². The van der Waals surface area contributed by atoms with E-state index in [1.165, 1.54) is 38.9 Å². The summed E-state index contributed by atoms with van der Waals surface area (Å²) in [6.07, 6.45) is 5.64. The normalized spacial score (nSPS) is 29.0. The zero-order valence-corrected chi connectivity index (χ0v) is 26.5. The molecule has 3 aliphatic heterocycles. The molecule has 2 atom stereocenters. The van der Waals surface area contributed by atoms with Gasteiger partial charge in [0.1, 0.15) is 0 Å². The zero-order chi connectivity index (χ0) is 23.2. The van der Waals surface area contributed by atoms with Crippen LogP contribution in [0.3, 0.4) is 0 Å². The average molecular weight is 571 g/mol. The maximum absolute atomic E-state index is 4.31. The van der Waals surface area contributed by atoms with Crippen LogP contribution in [0.25, 0.3) is 0 Å². The molecule has 0 bridgehead atoms. The summed E-state index contributed by atoms with van der Waals surface area (Å²) in [7, 11) is 2.08. The first kappa shape index (κ1) is 39.2. The molecule has 0 aliphatic carbocycles. The molecule has 3 aliphatic rings. The molecule has 3 rings (SSSR count). The van der Waals surface area contributed by atoms with E-state index in [1.807, 2.05) is 0 Å². The minimum absolute atomic E-state index is 0. The quantitative estimate of drug-likeness (QED) is 0.418. The third-order valence-electron chi connectivity index (χ3n) is 6.84. The summed E-state index contributed by atoms with van der Waals surface area (Å²) < 4.78 is 0. The smallest absolute Gasteiger partial charge is 0.364 e. The van der Waals surface area contributed by atoms with Gasteiger partial charge >= 0.3 is 55.7 Å². The van der Waals surface area contributed by atoms with E-state index in [0.717, 1.165) is 32.5 Å². The molecule has 3 fully saturated rings. The Kier molecular flexibility index (Phi) is 20.4. The minimum atomic E-state index is 0. The van der Waals surface area contributed by atoms with Crippen molar-refractivity contribution in [1.82, 2.24) is 14.7 Å². The van der Waals surface area contributed by atoms with Crippen molar-refractivity contribution in [2.75, 3.05) is 46.3 Å². The van der Waals surface area contributed by atoms with Gasteiger partial charge < -0.3 is 56.2 Å². The maximum atomic E-state index is 4.31. The average Bonchev–Trinajstić information content (AvgIpc) is 3.19. The van der Waals surface area contributed by atoms with Gasteiger partial charge in [0, 0.05) is 12.1 Å². The van der Waals surface area contributed by atoms with Gasteiger partial charge in [-0.05, 0) is 74.0 Å². The molecule has 3 nitrogen and oxygen atoms in total. The third-order valence-corrected chi connectivity index (χ3v) is 6.84. The summed E-state index contributed by atoms with van der Waals surface area (Å²) in [5.74, 6) is 0. The van der Waals surface area contributed by atoms with E-state index in [1.54, 1.807) is 0 Å². The Balaban J connectivity index is -0.000000402. The first-order chi connectivity index (χ1) is 13.7. The van der Waals surface area contributed by atoms with Crippen molar-refractivity contribution in [2.45, 2.75) is 71.9 Å². The van der Waals surface area contributed by atoms with Crippen LogP contribution in [-0.4, -0.2) is 73.1 Å². The second-order valence-corrected chi connectivity index (χ2v) is 11.2. The molecule has 2 unspecified atom stereocenters. The zero-order valence-electron chi connectivity index (χ0n) is 22.4. The number of nitrogens with zero attached hydrogens (tertiary/aromatic N) is 3. The van der Waals surface area contributed by atoms with E-state index in [0.29, 0.717) is 17.5 Å². The van der Waals surface area contributed by atoms with Crippen LogP contribution in [-0.2, 0) is 55.7 Å². The third kappa shape index (κ3) is 14.2. The molecule has 0 saturated carbocycles. The summed E-state index contributed by atoms with van der Waals surface area (Å²) >= 11 is 0. The molecule has 0 aromatic carbocycles. The van der Waals surface area contributed by atoms with E-state index in [-0.39, 0.29) is 66.5 Å². The molecule has 0 aromatic rings. The number of hydrogen-bond acceptors (Lipinski definition) is 3. The predicted molar refractivity (Wildman–Crippen MR) is 133 cm³/mol. The van der Waals surface area contributed by atoms with Crippen LogP contribution in [0.1, 0.15) is 59.8 Å². The minimum Gasteiger partial charge on any atom is -0.364 e. The molecular weight excluding hydrogens is 519 g/mol. The van der Waals surface area contributed by atoms with Gasteiger partial charge in [0.15, 0.2) is 0 Å². The Hall–Kier alpha value is 1.63. The second-order valence-electron chi connectivity index (χ2n) is 11.2. The monoisotopic (exact) mass is 570 g/mol. The van der Waals surface area contributed by atoms with Crippen molar-refractivity contribution in [1.29, 1.82) is 0 Å². The predicted octanol–water partition coefficient (Wildman–Crippen LogP) is 5.26. The maximum Gasteiger partial charge on any atom is 2.00 e. The summed E-state index contributed by atoms with van der Waals surface area (Å²) in [5.41, 5.74) is 0.686. The fourth-order valence-corrected chi connectivity index (χ4v) is 4.70. The largest absolute Gasteiger partial charge is 2.00 e. The fourth-order valence-electron chi connectivity index (χ4n) is 4.70. The Morgan fingerprint density at radius 2 is 1.09 bits per heavy atom. The van der Waals surface area contributed by atoms with Gasteiger partial charge in [0.25, 0.3) is 0 Å². The SMILES string of the molecule is [CH2-]C1([CH2-])CN(C)C1.[CH2-]CC1([CH2-])CCN(C(C)C)C1.[CH2-]CCC1([CH2-])CCN(C(C)C)C1.[V+2].[V+2].[V+2]. The summed E-state index contributed by atoms with van der Waals surface area (Å²) in [6.45, 7) is 40.0. The number of likely N-dealkylation sites (tertiary alicyclic amines) is 3. The van der Waals surface area contributed by atoms with Crippen molar-refractivity contribution in [3.05, 3.63) is 41.5 Å². The molecule has 189 valence electrons. The van der Waals surface area contributed by atoms with Gasteiger partial charge in [-0.3, -0.25) is 5.41 Å².